The SMILES string of the molecule is CN1CCC(C(C)(C)C)CC1=O. The van der Waals surface area contributed by atoms with E-state index in [4.69, 9.17) is 0 Å². The Kier molecular flexibility index (Phi) is 2.45. The van der Waals surface area contributed by atoms with Crippen molar-refractivity contribution in [3.63, 3.8) is 0 Å². The third-order valence-corrected chi connectivity index (χ3v) is 2.88. The van der Waals surface area contributed by atoms with Gasteiger partial charge in [-0.1, -0.05) is 20.8 Å². The number of piperidine rings is 1. The topological polar surface area (TPSA) is 20.3 Å². The van der Waals surface area contributed by atoms with Gasteiger partial charge in [-0.15, -0.1) is 0 Å². The average Bonchev–Trinajstić information content (AvgIpc) is 1.92. The van der Waals surface area contributed by atoms with Gasteiger partial charge in [0.05, 0.1) is 0 Å². The molecule has 0 aromatic rings. The summed E-state index contributed by atoms with van der Waals surface area (Å²) >= 11 is 0. The van der Waals surface area contributed by atoms with Crippen molar-refractivity contribution in [2.75, 3.05) is 13.6 Å². The minimum atomic E-state index is 0.289. The molecule has 1 unspecified atom stereocenters. The molecule has 0 N–H and O–H groups in total. The Bertz CT molecular complexity index is 181. The van der Waals surface area contributed by atoms with Gasteiger partial charge >= 0.3 is 0 Å². The number of hydrogen-bond donors (Lipinski definition) is 0. The van der Waals surface area contributed by atoms with Crippen molar-refractivity contribution < 1.29 is 4.79 Å². The lowest BCUT2D eigenvalue weighted by Gasteiger charge is -2.36. The highest BCUT2D eigenvalue weighted by Crippen LogP contribution is 2.34. The molecular formula is C10H19NO. The second-order valence-electron chi connectivity index (χ2n) is 4.87. The number of amides is 1. The Labute approximate surface area is 74.9 Å². The normalized spacial score (nSPS) is 26.2. The van der Waals surface area contributed by atoms with Crippen LogP contribution in [0.25, 0.3) is 0 Å². The van der Waals surface area contributed by atoms with Crippen LogP contribution in [0.2, 0.25) is 0 Å². The lowest BCUT2D eigenvalue weighted by molar-refractivity contribution is -0.135. The third kappa shape index (κ3) is 1.99. The van der Waals surface area contributed by atoms with Crippen molar-refractivity contribution >= 4 is 5.91 Å². The number of likely N-dealkylation sites (tertiary alicyclic amines) is 1. The van der Waals surface area contributed by atoms with Crippen molar-refractivity contribution in [2.45, 2.75) is 33.6 Å². The lowest BCUT2D eigenvalue weighted by Crippen LogP contribution is -2.39. The monoisotopic (exact) mass is 169 g/mol. The molecule has 0 radical (unpaired) electrons. The number of rotatable bonds is 0. The van der Waals surface area contributed by atoms with Crippen LogP contribution in [0.15, 0.2) is 0 Å². The molecule has 1 amide bonds. The molecule has 1 aliphatic rings. The van der Waals surface area contributed by atoms with E-state index in [1.165, 1.54) is 0 Å². The third-order valence-electron chi connectivity index (χ3n) is 2.88. The van der Waals surface area contributed by atoms with Crippen LogP contribution in [0.4, 0.5) is 0 Å². The van der Waals surface area contributed by atoms with Crippen molar-refractivity contribution in [3.05, 3.63) is 0 Å². The van der Waals surface area contributed by atoms with Gasteiger partial charge in [0.2, 0.25) is 5.91 Å². The summed E-state index contributed by atoms with van der Waals surface area (Å²) in [7, 11) is 1.89. The van der Waals surface area contributed by atoms with Crippen LogP contribution in [0.5, 0.6) is 0 Å². The predicted octanol–water partition coefficient (Wildman–Crippen LogP) is 1.90. The molecule has 1 rings (SSSR count). The van der Waals surface area contributed by atoms with E-state index in [1.54, 1.807) is 0 Å². The molecule has 0 saturated carbocycles. The largest absolute Gasteiger partial charge is 0.346 e. The summed E-state index contributed by atoms with van der Waals surface area (Å²) in [5, 5.41) is 0. The van der Waals surface area contributed by atoms with Gasteiger partial charge in [0.1, 0.15) is 0 Å². The van der Waals surface area contributed by atoms with E-state index in [2.05, 4.69) is 20.8 Å². The van der Waals surface area contributed by atoms with Gasteiger partial charge in [-0.3, -0.25) is 4.79 Å². The first-order chi connectivity index (χ1) is 5.41. The van der Waals surface area contributed by atoms with E-state index in [0.29, 0.717) is 11.8 Å². The maximum atomic E-state index is 11.4. The summed E-state index contributed by atoms with van der Waals surface area (Å²) in [6, 6.07) is 0. The Morgan fingerprint density at radius 1 is 1.42 bits per heavy atom. The molecule has 0 aliphatic carbocycles. The van der Waals surface area contributed by atoms with Gasteiger partial charge in [-0.2, -0.15) is 0 Å². The highest BCUT2D eigenvalue weighted by Gasteiger charge is 2.31. The highest BCUT2D eigenvalue weighted by molar-refractivity contribution is 5.76. The molecule has 0 aromatic heterocycles. The maximum Gasteiger partial charge on any atom is 0.222 e. The van der Waals surface area contributed by atoms with E-state index >= 15 is 0 Å². The van der Waals surface area contributed by atoms with Crippen molar-refractivity contribution in [3.8, 4) is 0 Å². The van der Waals surface area contributed by atoms with Gasteiger partial charge in [0.15, 0.2) is 0 Å². The van der Waals surface area contributed by atoms with E-state index in [9.17, 15) is 4.79 Å². The molecule has 70 valence electrons. The summed E-state index contributed by atoms with van der Waals surface area (Å²) in [6.45, 7) is 7.59. The van der Waals surface area contributed by atoms with E-state index in [-0.39, 0.29) is 5.41 Å². The summed E-state index contributed by atoms with van der Waals surface area (Å²) in [5.74, 6) is 0.877. The summed E-state index contributed by atoms with van der Waals surface area (Å²) in [6.07, 6.45) is 1.89. The molecular weight excluding hydrogens is 150 g/mol. The first-order valence-corrected chi connectivity index (χ1v) is 4.65. The maximum absolute atomic E-state index is 11.4. The number of nitrogens with zero attached hydrogens (tertiary/aromatic N) is 1. The predicted molar refractivity (Wildman–Crippen MR) is 49.8 cm³/mol. The fourth-order valence-electron chi connectivity index (χ4n) is 1.68. The molecule has 1 aliphatic heterocycles. The molecule has 1 fully saturated rings. The molecule has 0 bridgehead atoms. The van der Waals surface area contributed by atoms with E-state index in [0.717, 1.165) is 19.4 Å². The zero-order valence-electron chi connectivity index (χ0n) is 8.55. The Morgan fingerprint density at radius 2 is 2.00 bits per heavy atom. The van der Waals surface area contributed by atoms with Gasteiger partial charge in [-0.25, -0.2) is 0 Å². The van der Waals surface area contributed by atoms with E-state index < -0.39 is 0 Å². The molecule has 12 heavy (non-hydrogen) atoms. The van der Waals surface area contributed by atoms with Crippen molar-refractivity contribution in [1.82, 2.24) is 4.90 Å². The number of carbonyl (C=O) groups excluding carboxylic acids is 1. The van der Waals surface area contributed by atoms with Crippen LogP contribution in [-0.4, -0.2) is 24.4 Å². The van der Waals surface area contributed by atoms with Crippen LogP contribution in [0.1, 0.15) is 33.6 Å². The van der Waals surface area contributed by atoms with E-state index in [1.807, 2.05) is 11.9 Å². The van der Waals surface area contributed by atoms with Gasteiger partial charge < -0.3 is 4.90 Å². The molecule has 1 heterocycles. The summed E-state index contributed by atoms with van der Waals surface area (Å²) in [4.78, 5) is 13.2. The molecule has 1 atom stereocenters. The Hall–Kier alpha value is -0.530. The van der Waals surface area contributed by atoms with Crippen LogP contribution < -0.4 is 0 Å². The van der Waals surface area contributed by atoms with Gasteiger partial charge in [0.25, 0.3) is 0 Å². The standard InChI is InChI=1S/C10H19NO/c1-10(2,3)8-5-6-11(4)9(12)7-8/h8H,5-7H2,1-4H3. The quantitative estimate of drug-likeness (QED) is 0.542. The fourth-order valence-corrected chi connectivity index (χ4v) is 1.68. The second-order valence-corrected chi connectivity index (χ2v) is 4.87. The minimum absolute atomic E-state index is 0.289. The Morgan fingerprint density at radius 3 is 2.42 bits per heavy atom. The minimum Gasteiger partial charge on any atom is -0.346 e. The summed E-state index contributed by atoms with van der Waals surface area (Å²) in [5.41, 5.74) is 0.289. The molecule has 2 nitrogen and oxygen atoms in total. The van der Waals surface area contributed by atoms with Crippen LogP contribution >= 0.6 is 0 Å². The Balaban J connectivity index is 2.57. The molecule has 0 aromatic carbocycles. The summed E-state index contributed by atoms with van der Waals surface area (Å²) < 4.78 is 0. The highest BCUT2D eigenvalue weighted by atomic mass is 16.2. The smallest absolute Gasteiger partial charge is 0.222 e. The first-order valence-electron chi connectivity index (χ1n) is 4.65. The van der Waals surface area contributed by atoms with Crippen molar-refractivity contribution in [1.29, 1.82) is 0 Å². The van der Waals surface area contributed by atoms with Gasteiger partial charge in [-0.05, 0) is 17.8 Å². The van der Waals surface area contributed by atoms with Crippen LogP contribution in [0.3, 0.4) is 0 Å². The number of carbonyl (C=O) groups is 1. The van der Waals surface area contributed by atoms with Gasteiger partial charge in [0, 0.05) is 20.0 Å². The zero-order chi connectivity index (χ0) is 9.35. The second kappa shape index (κ2) is 3.08. The zero-order valence-corrected chi connectivity index (χ0v) is 8.55. The first kappa shape index (κ1) is 9.56. The molecule has 2 heteroatoms. The lowest BCUT2D eigenvalue weighted by atomic mass is 9.75. The van der Waals surface area contributed by atoms with Crippen LogP contribution in [0, 0.1) is 11.3 Å². The molecule has 0 spiro atoms. The number of hydrogen-bond acceptors (Lipinski definition) is 1. The molecule has 1 saturated heterocycles. The van der Waals surface area contributed by atoms with Crippen LogP contribution in [-0.2, 0) is 4.79 Å². The average molecular weight is 169 g/mol. The van der Waals surface area contributed by atoms with Crippen molar-refractivity contribution in [2.24, 2.45) is 11.3 Å². The fraction of sp³-hybridized carbons (Fsp3) is 0.900.